The molecule has 2 N–H and O–H groups in total. The molecule has 0 saturated heterocycles. The van der Waals surface area contributed by atoms with Gasteiger partial charge < -0.3 is 19.9 Å². The van der Waals surface area contributed by atoms with Crippen LogP contribution in [0.1, 0.15) is 5.56 Å². The number of ether oxygens (including phenoxy) is 2. The molecule has 0 amide bonds. The van der Waals surface area contributed by atoms with Gasteiger partial charge in [0.25, 0.3) is 5.56 Å². The number of aromatic nitrogens is 2. The monoisotopic (exact) mass is 445 g/mol. The number of hydrogen-bond acceptors (Lipinski definition) is 6. The number of hydrogen-bond donors (Lipinski definition) is 2. The molecule has 146 valence electrons. The standard InChI is InChI=1S/C20H20BrN3O4/c1-27-17-7-6-14(12-15(17)21)13-24-20(26)9-8-19(23-24)22-10-11-28-18-5-3-2-4-16(18)25/h2-9,12,25H,10-11,13H2,1H3,(H,22,23). The molecule has 0 radical (unpaired) electrons. The molecule has 0 atom stereocenters. The van der Waals surface area contributed by atoms with E-state index >= 15 is 0 Å². The average Bonchev–Trinajstić information content (AvgIpc) is 2.69. The maximum Gasteiger partial charge on any atom is 0.267 e. The van der Waals surface area contributed by atoms with Gasteiger partial charge in [0.05, 0.1) is 24.7 Å². The molecular formula is C20H20BrN3O4. The third-order valence-electron chi connectivity index (χ3n) is 3.95. The molecule has 3 aromatic rings. The fourth-order valence-electron chi connectivity index (χ4n) is 2.56. The summed E-state index contributed by atoms with van der Waals surface area (Å²) in [5.41, 5.74) is 0.727. The van der Waals surface area contributed by atoms with Crippen LogP contribution in [0.3, 0.4) is 0 Å². The second-order valence-electron chi connectivity index (χ2n) is 5.93. The fraction of sp³-hybridized carbons (Fsp3) is 0.200. The van der Waals surface area contributed by atoms with Gasteiger partial charge in [0.15, 0.2) is 11.5 Å². The molecular weight excluding hydrogens is 426 g/mol. The van der Waals surface area contributed by atoms with Crippen molar-refractivity contribution in [3.05, 3.63) is 75.0 Å². The number of para-hydroxylation sites is 2. The highest BCUT2D eigenvalue weighted by atomic mass is 79.9. The Labute approximate surface area is 170 Å². The van der Waals surface area contributed by atoms with Gasteiger partial charge in [-0.1, -0.05) is 18.2 Å². The number of rotatable bonds is 8. The van der Waals surface area contributed by atoms with Gasteiger partial charge >= 0.3 is 0 Å². The van der Waals surface area contributed by atoms with Crippen molar-refractivity contribution in [3.63, 3.8) is 0 Å². The molecule has 0 aliphatic carbocycles. The van der Waals surface area contributed by atoms with E-state index < -0.39 is 0 Å². The Morgan fingerprint density at radius 2 is 1.96 bits per heavy atom. The van der Waals surface area contributed by atoms with Crippen molar-refractivity contribution in [1.82, 2.24) is 9.78 Å². The maximum atomic E-state index is 12.1. The SMILES string of the molecule is COc1ccc(Cn2nc(NCCOc3ccccc3O)ccc2=O)cc1Br. The summed E-state index contributed by atoms with van der Waals surface area (Å²) in [4.78, 5) is 12.1. The Hall–Kier alpha value is -3.00. The van der Waals surface area contributed by atoms with Gasteiger partial charge in [0.2, 0.25) is 0 Å². The Kier molecular flexibility index (Phi) is 6.54. The minimum atomic E-state index is -0.192. The smallest absolute Gasteiger partial charge is 0.267 e. The summed E-state index contributed by atoms with van der Waals surface area (Å²) < 4.78 is 12.9. The van der Waals surface area contributed by atoms with E-state index in [1.165, 1.54) is 10.7 Å². The molecule has 0 unspecified atom stereocenters. The van der Waals surface area contributed by atoms with E-state index in [1.54, 1.807) is 37.4 Å². The number of phenolic OH excluding ortho intramolecular Hbond substituents is 1. The Balaban J connectivity index is 1.60. The van der Waals surface area contributed by atoms with E-state index in [4.69, 9.17) is 9.47 Å². The largest absolute Gasteiger partial charge is 0.504 e. The van der Waals surface area contributed by atoms with Crippen LogP contribution in [-0.2, 0) is 6.54 Å². The second-order valence-corrected chi connectivity index (χ2v) is 6.78. The number of phenols is 1. The minimum absolute atomic E-state index is 0.0971. The molecule has 8 heteroatoms. The van der Waals surface area contributed by atoms with Crippen molar-refractivity contribution in [2.45, 2.75) is 6.54 Å². The zero-order valence-electron chi connectivity index (χ0n) is 15.3. The van der Waals surface area contributed by atoms with Crippen LogP contribution >= 0.6 is 15.9 Å². The third kappa shape index (κ3) is 5.04. The average molecular weight is 446 g/mol. The van der Waals surface area contributed by atoms with Gasteiger partial charge in [0, 0.05) is 6.07 Å². The number of methoxy groups -OCH3 is 1. The molecule has 1 heterocycles. The first-order valence-corrected chi connectivity index (χ1v) is 9.41. The lowest BCUT2D eigenvalue weighted by Gasteiger charge is -2.11. The summed E-state index contributed by atoms with van der Waals surface area (Å²) in [5.74, 6) is 1.81. The molecule has 28 heavy (non-hydrogen) atoms. The minimum Gasteiger partial charge on any atom is -0.504 e. The molecule has 7 nitrogen and oxygen atoms in total. The van der Waals surface area contributed by atoms with Crippen LogP contribution in [-0.4, -0.2) is 35.1 Å². The first kappa shape index (κ1) is 19.8. The van der Waals surface area contributed by atoms with Crippen LogP contribution in [0.2, 0.25) is 0 Å². The molecule has 2 aromatic carbocycles. The number of anilines is 1. The lowest BCUT2D eigenvalue weighted by molar-refractivity contribution is 0.312. The molecule has 0 bridgehead atoms. The van der Waals surface area contributed by atoms with Crippen molar-refractivity contribution in [1.29, 1.82) is 0 Å². The van der Waals surface area contributed by atoms with Crippen LogP contribution in [0, 0.1) is 0 Å². The van der Waals surface area contributed by atoms with E-state index in [0.29, 0.717) is 31.3 Å². The van der Waals surface area contributed by atoms with Crippen molar-refractivity contribution in [3.8, 4) is 17.2 Å². The summed E-state index contributed by atoms with van der Waals surface area (Å²) >= 11 is 3.44. The first-order valence-electron chi connectivity index (χ1n) is 8.62. The van der Waals surface area contributed by atoms with Gasteiger partial charge in [-0.15, -0.1) is 0 Å². The summed E-state index contributed by atoms with van der Waals surface area (Å²) in [6, 6.07) is 15.5. The predicted octanol–water partition coefficient (Wildman–Crippen LogP) is 3.26. The van der Waals surface area contributed by atoms with E-state index in [0.717, 1.165) is 15.8 Å². The predicted molar refractivity (Wildman–Crippen MR) is 110 cm³/mol. The highest BCUT2D eigenvalue weighted by Gasteiger charge is 2.06. The number of nitrogens with one attached hydrogen (secondary N) is 1. The summed E-state index contributed by atoms with van der Waals surface area (Å²) in [6.45, 7) is 1.14. The lowest BCUT2D eigenvalue weighted by atomic mass is 10.2. The van der Waals surface area contributed by atoms with Crippen molar-refractivity contribution in [2.75, 3.05) is 25.6 Å². The number of nitrogens with zero attached hydrogens (tertiary/aromatic N) is 2. The Bertz CT molecular complexity index is 1010. The maximum absolute atomic E-state index is 12.1. The van der Waals surface area contributed by atoms with Gasteiger partial charge in [-0.2, -0.15) is 5.10 Å². The topological polar surface area (TPSA) is 85.6 Å². The second kappa shape index (κ2) is 9.27. The first-order chi connectivity index (χ1) is 13.6. The number of halogens is 1. The molecule has 0 aliphatic heterocycles. The Morgan fingerprint density at radius 1 is 1.14 bits per heavy atom. The van der Waals surface area contributed by atoms with Gasteiger partial charge in [0.1, 0.15) is 18.2 Å². The van der Waals surface area contributed by atoms with Gasteiger partial charge in [-0.05, 0) is 51.8 Å². The molecule has 3 rings (SSSR count). The van der Waals surface area contributed by atoms with Gasteiger partial charge in [-0.3, -0.25) is 4.79 Å². The van der Waals surface area contributed by atoms with Gasteiger partial charge in [-0.25, -0.2) is 4.68 Å². The zero-order chi connectivity index (χ0) is 19.9. The normalized spacial score (nSPS) is 10.5. The van der Waals surface area contributed by atoms with Crippen LogP contribution in [0.4, 0.5) is 5.82 Å². The summed E-state index contributed by atoms with van der Waals surface area (Å²) in [5, 5.41) is 17.1. The Morgan fingerprint density at radius 3 is 2.71 bits per heavy atom. The van der Waals surface area contributed by atoms with E-state index in [-0.39, 0.29) is 11.3 Å². The molecule has 1 aromatic heterocycles. The van der Waals surface area contributed by atoms with E-state index in [2.05, 4.69) is 26.3 Å². The lowest BCUT2D eigenvalue weighted by Crippen LogP contribution is -2.24. The molecule has 0 fully saturated rings. The fourth-order valence-corrected chi connectivity index (χ4v) is 3.15. The van der Waals surface area contributed by atoms with E-state index in [1.807, 2.05) is 18.2 Å². The van der Waals surface area contributed by atoms with Crippen molar-refractivity contribution in [2.24, 2.45) is 0 Å². The highest BCUT2D eigenvalue weighted by Crippen LogP contribution is 2.26. The zero-order valence-corrected chi connectivity index (χ0v) is 16.8. The van der Waals surface area contributed by atoms with Crippen LogP contribution in [0.5, 0.6) is 17.2 Å². The number of aromatic hydroxyl groups is 1. The van der Waals surface area contributed by atoms with Crippen molar-refractivity contribution >= 4 is 21.7 Å². The quantitative estimate of drug-likeness (QED) is 0.517. The van der Waals surface area contributed by atoms with Crippen molar-refractivity contribution < 1.29 is 14.6 Å². The molecule has 0 spiro atoms. The highest BCUT2D eigenvalue weighted by molar-refractivity contribution is 9.10. The summed E-state index contributed by atoms with van der Waals surface area (Å²) in [7, 11) is 1.60. The van der Waals surface area contributed by atoms with Crippen LogP contribution in [0.25, 0.3) is 0 Å². The van der Waals surface area contributed by atoms with Crippen LogP contribution < -0.4 is 20.3 Å². The summed E-state index contributed by atoms with van der Waals surface area (Å²) in [6.07, 6.45) is 0. The van der Waals surface area contributed by atoms with E-state index in [9.17, 15) is 9.90 Å². The third-order valence-corrected chi connectivity index (χ3v) is 4.57. The van der Waals surface area contributed by atoms with Crippen LogP contribution in [0.15, 0.2) is 63.9 Å². The molecule has 0 aliphatic rings. The molecule has 0 saturated carbocycles. The number of benzene rings is 2.